The highest BCUT2D eigenvalue weighted by Gasteiger charge is 2.25. The summed E-state index contributed by atoms with van der Waals surface area (Å²) in [4.78, 5) is 18.9. The molecule has 4 nitrogen and oxygen atoms in total. The van der Waals surface area contributed by atoms with Gasteiger partial charge in [-0.15, -0.1) is 0 Å². The zero-order valence-corrected chi connectivity index (χ0v) is 13.8. The summed E-state index contributed by atoms with van der Waals surface area (Å²) in [7, 11) is 1.60. The van der Waals surface area contributed by atoms with Crippen LogP contribution < -0.4 is 4.74 Å². The SMILES string of the molecule is COc1cccc(C(=O)N2CCN=C2SCc2ccccc2)c1. The minimum absolute atomic E-state index is 0.0271. The third-order valence-electron chi connectivity index (χ3n) is 3.57. The Morgan fingerprint density at radius 1 is 1.22 bits per heavy atom. The van der Waals surface area contributed by atoms with Crippen molar-refractivity contribution in [2.24, 2.45) is 4.99 Å². The molecule has 0 radical (unpaired) electrons. The molecule has 2 aromatic carbocycles. The molecule has 1 aliphatic heterocycles. The first kappa shape index (κ1) is 15.6. The molecule has 0 fully saturated rings. The number of hydrogen-bond acceptors (Lipinski definition) is 4. The summed E-state index contributed by atoms with van der Waals surface area (Å²) in [5.74, 6) is 1.47. The summed E-state index contributed by atoms with van der Waals surface area (Å²) in [6.07, 6.45) is 0. The molecule has 0 spiro atoms. The lowest BCUT2D eigenvalue weighted by Gasteiger charge is -2.18. The number of ether oxygens (including phenoxy) is 1. The van der Waals surface area contributed by atoms with Crippen LogP contribution in [0.1, 0.15) is 15.9 Å². The molecule has 0 aliphatic carbocycles. The van der Waals surface area contributed by atoms with Crippen LogP contribution in [0, 0.1) is 0 Å². The standard InChI is InChI=1S/C18H18N2O2S/c1-22-16-9-5-8-15(12-16)17(21)20-11-10-19-18(20)23-13-14-6-3-2-4-7-14/h2-9,12H,10-11,13H2,1H3. The molecule has 0 saturated heterocycles. The fourth-order valence-electron chi connectivity index (χ4n) is 2.37. The molecule has 118 valence electrons. The van der Waals surface area contributed by atoms with Crippen LogP contribution in [0.25, 0.3) is 0 Å². The van der Waals surface area contributed by atoms with Crippen molar-refractivity contribution < 1.29 is 9.53 Å². The number of nitrogens with zero attached hydrogens (tertiary/aromatic N) is 2. The topological polar surface area (TPSA) is 41.9 Å². The minimum Gasteiger partial charge on any atom is -0.497 e. The molecule has 0 saturated carbocycles. The fraction of sp³-hybridized carbons (Fsp3) is 0.222. The van der Waals surface area contributed by atoms with Crippen LogP contribution >= 0.6 is 11.8 Å². The number of carbonyl (C=O) groups is 1. The Morgan fingerprint density at radius 3 is 2.83 bits per heavy atom. The van der Waals surface area contributed by atoms with Crippen LogP contribution in [0.15, 0.2) is 59.6 Å². The van der Waals surface area contributed by atoms with Gasteiger partial charge in [0.2, 0.25) is 0 Å². The highest BCUT2D eigenvalue weighted by atomic mass is 32.2. The van der Waals surface area contributed by atoms with E-state index in [0.29, 0.717) is 24.4 Å². The molecule has 0 bridgehead atoms. The molecule has 1 aliphatic rings. The van der Waals surface area contributed by atoms with Gasteiger partial charge in [-0.3, -0.25) is 14.7 Å². The first-order valence-corrected chi connectivity index (χ1v) is 8.43. The lowest BCUT2D eigenvalue weighted by atomic mass is 10.2. The van der Waals surface area contributed by atoms with Gasteiger partial charge in [0.1, 0.15) is 5.75 Å². The fourth-order valence-corrected chi connectivity index (χ4v) is 3.37. The highest BCUT2D eigenvalue weighted by molar-refractivity contribution is 8.13. The van der Waals surface area contributed by atoms with Crippen molar-refractivity contribution in [3.8, 4) is 5.75 Å². The predicted octanol–water partition coefficient (Wildman–Crippen LogP) is 3.44. The largest absolute Gasteiger partial charge is 0.497 e. The molecule has 3 rings (SSSR count). The third-order valence-corrected chi connectivity index (χ3v) is 4.66. The van der Waals surface area contributed by atoms with Gasteiger partial charge in [0.15, 0.2) is 5.17 Å². The van der Waals surface area contributed by atoms with Gasteiger partial charge in [-0.2, -0.15) is 0 Å². The van der Waals surface area contributed by atoms with E-state index < -0.39 is 0 Å². The Balaban J connectivity index is 1.69. The maximum Gasteiger partial charge on any atom is 0.260 e. The van der Waals surface area contributed by atoms with Gasteiger partial charge in [-0.25, -0.2) is 0 Å². The summed E-state index contributed by atoms with van der Waals surface area (Å²) in [5.41, 5.74) is 1.85. The summed E-state index contributed by atoms with van der Waals surface area (Å²) in [6.45, 7) is 1.29. The van der Waals surface area contributed by atoms with E-state index in [0.717, 1.165) is 10.9 Å². The van der Waals surface area contributed by atoms with Crippen LogP contribution in [0.2, 0.25) is 0 Å². The van der Waals surface area contributed by atoms with Crippen molar-refractivity contribution in [2.45, 2.75) is 5.75 Å². The zero-order valence-electron chi connectivity index (χ0n) is 12.9. The molecule has 0 unspecified atom stereocenters. The number of thioether (sulfide) groups is 1. The Hall–Kier alpha value is -2.27. The van der Waals surface area contributed by atoms with Crippen LogP contribution in [0.4, 0.5) is 0 Å². The Labute approximate surface area is 140 Å². The van der Waals surface area contributed by atoms with Crippen LogP contribution in [-0.4, -0.2) is 36.2 Å². The number of hydrogen-bond donors (Lipinski definition) is 0. The van der Waals surface area contributed by atoms with Crippen molar-refractivity contribution >= 4 is 22.8 Å². The minimum atomic E-state index is -0.0271. The summed E-state index contributed by atoms with van der Waals surface area (Å²) >= 11 is 1.60. The summed E-state index contributed by atoms with van der Waals surface area (Å²) in [6, 6.07) is 17.4. The molecule has 2 aromatic rings. The average molecular weight is 326 g/mol. The summed E-state index contributed by atoms with van der Waals surface area (Å²) < 4.78 is 5.19. The number of amidine groups is 1. The first-order valence-electron chi connectivity index (χ1n) is 7.45. The molecule has 0 atom stereocenters. The molecular weight excluding hydrogens is 308 g/mol. The zero-order chi connectivity index (χ0) is 16.1. The van der Waals surface area contributed by atoms with Gasteiger partial charge < -0.3 is 4.74 Å². The Morgan fingerprint density at radius 2 is 2.04 bits per heavy atom. The molecule has 5 heteroatoms. The Bertz CT molecular complexity index is 716. The van der Waals surface area contributed by atoms with Gasteiger partial charge in [-0.1, -0.05) is 48.2 Å². The monoisotopic (exact) mass is 326 g/mol. The second-order valence-corrected chi connectivity index (χ2v) is 6.07. The maximum absolute atomic E-state index is 12.7. The molecule has 23 heavy (non-hydrogen) atoms. The van der Waals surface area contributed by atoms with Gasteiger partial charge in [0.25, 0.3) is 5.91 Å². The van der Waals surface area contributed by atoms with E-state index in [9.17, 15) is 4.79 Å². The van der Waals surface area contributed by atoms with Gasteiger partial charge in [0.05, 0.1) is 13.7 Å². The smallest absolute Gasteiger partial charge is 0.260 e. The van der Waals surface area contributed by atoms with Crippen LogP contribution in [0.3, 0.4) is 0 Å². The molecule has 0 aromatic heterocycles. The van der Waals surface area contributed by atoms with E-state index in [4.69, 9.17) is 4.74 Å². The maximum atomic E-state index is 12.7. The third kappa shape index (κ3) is 3.74. The van der Waals surface area contributed by atoms with Crippen molar-refractivity contribution in [1.29, 1.82) is 0 Å². The molecule has 1 amide bonds. The second-order valence-electron chi connectivity index (χ2n) is 5.13. The van der Waals surface area contributed by atoms with Gasteiger partial charge in [-0.05, 0) is 23.8 Å². The lowest BCUT2D eigenvalue weighted by Crippen LogP contribution is -2.32. The number of aliphatic imine (C=N–C) groups is 1. The summed E-state index contributed by atoms with van der Waals surface area (Å²) in [5, 5.41) is 0.793. The van der Waals surface area contributed by atoms with Crippen molar-refractivity contribution in [2.75, 3.05) is 20.2 Å². The number of amides is 1. The predicted molar refractivity (Wildman–Crippen MR) is 94.1 cm³/mol. The van der Waals surface area contributed by atoms with Crippen LogP contribution in [-0.2, 0) is 5.75 Å². The quantitative estimate of drug-likeness (QED) is 0.864. The van der Waals surface area contributed by atoms with E-state index >= 15 is 0 Å². The first-order chi connectivity index (χ1) is 11.3. The van der Waals surface area contributed by atoms with Crippen molar-refractivity contribution in [1.82, 2.24) is 4.90 Å². The van der Waals surface area contributed by atoms with E-state index in [1.165, 1.54) is 5.56 Å². The normalized spacial score (nSPS) is 13.8. The van der Waals surface area contributed by atoms with E-state index in [1.807, 2.05) is 36.4 Å². The Kier molecular flexibility index (Phi) is 4.98. The average Bonchev–Trinajstić information content (AvgIpc) is 3.09. The molecule has 0 N–H and O–H groups in total. The molecular formula is C18H18N2O2S. The number of rotatable bonds is 4. The van der Waals surface area contributed by atoms with E-state index in [1.54, 1.807) is 29.8 Å². The highest BCUT2D eigenvalue weighted by Crippen LogP contribution is 2.22. The van der Waals surface area contributed by atoms with Crippen LogP contribution in [0.5, 0.6) is 5.75 Å². The van der Waals surface area contributed by atoms with E-state index in [2.05, 4.69) is 17.1 Å². The van der Waals surface area contributed by atoms with Gasteiger partial charge >= 0.3 is 0 Å². The lowest BCUT2D eigenvalue weighted by molar-refractivity contribution is 0.0860. The van der Waals surface area contributed by atoms with Gasteiger partial charge in [0, 0.05) is 17.9 Å². The van der Waals surface area contributed by atoms with Crippen molar-refractivity contribution in [3.63, 3.8) is 0 Å². The second kappa shape index (κ2) is 7.33. The number of carbonyl (C=O) groups excluding carboxylic acids is 1. The van der Waals surface area contributed by atoms with Crippen molar-refractivity contribution in [3.05, 3.63) is 65.7 Å². The number of methoxy groups -OCH3 is 1. The van der Waals surface area contributed by atoms with E-state index in [-0.39, 0.29) is 5.91 Å². The number of benzene rings is 2. The molecule has 1 heterocycles.